The summed E-state index contributed by atoms with van der Waals surface area (Å²) in [6.07, 6.45) is -3.93. The Kier molecular flexibility index (Phi) is 8.26. The maximum absolute atomic E-state index is 12.7. The van der Waals surface area contributed by atoms with Crippen LogP contribution < -0.4 is 10.2 Å². The first kappa shape index (κ1) is 24.8. The van der Waals surface area contributed by atoms with E-state index < -0.39 is 17.6 Å². The Morgan fingerprint density at radius 3 is 2.32 bits per heavy atom. The van der Waals surface area contributed by atoms with Crippen LogP contribution >= 0.6 is 0 Å². The molecule has 0 saturated heterocycles. The van der Waals surface area contributed by atoms with Crippen molar-refractivity contribution < 1.29 is 32.7 Å². The van der Waals surface area contributed by atoms with Gasteiger partial charge < -0.3 is 9.57 Å². The molecule has 0 aliphatic heterocycles. The lowest BCUT2D eigenvalue weighted by atomic mass is 10.0. The van der Waals surface area contributed by atoms with Gasteiger partial charge in [-0.3, -0.25) is 10.0 Å². The molecule has 0 heterocycles. The van der Waals surface area contributed by atoms with Gasteiger partial charge in [0, 0.05) is 12.0 Å². The Balaban J connectivity index is 1.77. The number of benzene rings is 3. The van der Waals surface area contributed by atoms with E-state index in [9.17, 15) is 18.0 Å². The smallest absolute Gasteiger partial charge is 0.416 e. The molecule has 0 unspecified atom stereocenters. The van der Waals surface area contributed by atoms with Crippen LogP contribution in [0.15, 0.2) is 78.0 Å². The quantitative estimate of drug-likeness (QED) is 0.259. The van der Waals surface area contributed by atoms with Gasteiger partial charge in [0.25, 0.3) is 5.91 Å². The number of nitrogens with zero attached hydrogens (tertiary/aromatic N) is 1. The van der Waals surface area contributed by atoms with Crippen molar-refractivity contribution in [2.24, 2.45) is 5.16 Å². The molecule has 0 aromatic heterocycles. The monoisotopic (exact) mass is 472 g/mol. The number of rotatable bonds is 9. The van der Waals surface area contributed by atoms with Crippen LogP contribution in [0.3, 0.4) is 0 Å². The third kappa shape index (κ3) is 7.08. The molecule has 0 aliphatic carbocycles. The third-order valence-corrected chi connectivity index (χ3v) is 4.89. The fourth-order valence-corrected chi connectivity index (χ4v) is 3.12. The van der Waals surface area contributed by atoms with Gasteiger partial charge in [-0.25, -0.2) is 5.48 Å². The van der Waals surface area contributed by atoms with Crippen molar-refractivity contribution in [2.45, 2.75) is 26.1 Å². The number of carbonyl (C=O) groups excluding carboxylic acids is 1. The second-order valence-electron chi connectivity index (χ2n) is 7.47. The van der Waals surface area contributed by atoms with Crippen molar-refractivity contribution in [1.29, 1.82) is 0 Å². The number of nitrogens with one attached hydrogen (secondary N) is 1. The van der Waals surface area contributed by atoms with Crippen molar-refractivity contribution in [1.82, 2.24) is 5.48 Å². The standard InChI is InChI=1S/C25H23F3N2O4/c1-17-13-20(9-12-23(17)33-16-24(31)29-32)22(14-18-5-3-2-4-6-18)30-34-15-19-7-10-21(11-8-19)25(26,27)28/h2-13,32H,14-16H2,1H3,(H,29,31). The fraction of sp³-hybridized carbons (Fsp3) is 0.200. The van der Waals surface area contributed by atoms with E-state index in [4.69, 9.17) is 14.8 Å². The molecule has 3 rings (SSSR count). The van der Waals surface area contributed by atoms with Gasteiger partial charge in [-0.1, -0.05) is 47.6 Å². The molecule has 1 amide bonds. The fourth-order valence-electron chi connectivity index (χ4n) is 3.12. The van der Waals surface area contributed by atoms with Gasteiger partial charge in [0.1, 0.15) is 12.4 Å². The number of carbonyl (C=O) groups is 1. The molecular weight excluding hydrogens is 449 g/mol. The van der Waals surface area contributed by atoms with Gasteiger partial charge in [-0.2, -0.15) is 13.2 Å². The Bertz CT molecular complexity index is 1130. The molecule has 2 N–H and O–H groups in total. The SMILES string of the molecule is Cc1cc(C(Cc2ccccc2)=NOCc2ccc(C(F)(F)F)cc2)ccc1OCC(=O)NO. The van der Waals surface area contributed by atoms with Gasteiger partial charge in [-0.15, -0.1) is 0 Å². The summed E-state index contributed by atoms with van der Waals surface area (Å²) >= 11 is 0. The van der Waals surface area contributed by atoms with E-state index in [1.165, 1.54) is 17.6 Å². The number of ether oxygens (including phenoxy) is 1. The van der Waals surface area contributed by atoms with Crippen molar-refractivity contribution in [3.63, 3.8) is 0 Å². The third-order valence-electron chi connectivity index (χ3n) is 4.89. The zero-order valence-electron chi connectivity index (χ0n) is 18.3. The number of aryl methyl sites for hydroxylation is 1. The highest BCUT2D eigenvalue weighted by Gasteiger charge is 2.29. The number of halogens is 3. The molecule has 9 heteroatoms. The molecule has 34 heavy (non-hydrogen) atoms. The van der Waals surface area contributed by atoms with Crippen LogP contribution in [0.4, 0.5) is 13.2 Å². The Morgan fingerprint density at radius 2 is 1.71 bits per heavy atom. The summed E-state index contributed by atoms with van der Waals surface area (Å²) in [5, 5.41) is 12.9. The minimum Gasteiger partial charge on any atom is -0.483 e. The molecular formula is C25H23F3N2O4. The second-order valence-corrected chi connectivity index (χ2v) is 7.47. The lowest BCUT2D eigenvalue weighted by molar-refractivity contribution is -0.137. The first-order valence-electron chi connectivity index (χ1n) is 10.3. The van der Waals surface area contributed by atoms with E-state index in [-0.39, 0.29) is 13.2 Å². The van der Waals surface area contributed by atoms with Crippen molar-refractivity contribution in [3.8, 4) is 5.75 Å². The molecule has 3 aromatic rings. The number of alkyl halides is 3. The average molecular weight is 472 g/mol. The second kappa shape index (κ2) is 11.3. The highest BCUT2D eigenvalue weighted by atomic mass is 19.4. The topological polar surface area (TPSA) is 80.2 Å². The molecule has 0 fully saturated rings. The molecule has 6 nitrogen and oxygen atoms in total. The van der Waals surface area contributed by atoms with Gasteiger partial charge >= 0.3 is 6.18 Å². The molecule has 3 aromatic carbocycles. The largest absolute Gasteiger partial charge is 0.483 e. The van der Waals surface area contributed by atoms with Gasteiger partial charge in [-0.05, 0) is 53.9 Å². The predicted molar refractivity (Wildman–Crippen MR) is 120 cm³/mol. The van der Waals surface area contributed by atoms with Gasteiger partial charge in [0.2, 0.25) is 0 Å². The van der Waals surface area contributed by atoms with E-state index in [0.717, 1.165) is 28.8 Å². The summed E-state index contributed by atoms with van der Waals surface area (Å²) in [5.74, 6) is -0.205. The lowest BCUT2D eigenvalue weighted by Gasteiger charge is -2.12. The minimum absolute atomic E-state index is 0.00682. The van der Waals surface area contributed by atoms with Gasteiger partial charge in [0.15, 0.2) is 6.61 Å². The van der Waals surface area contributed by atoms with Crippen LogP contribution in [-0.2, 0) is 28.8 Å². The van der Waals surface area contributed by atoms with Crippen LogP contribution in [0.5, 0.6) is 5.75 Å². The highest BCUT2D eigenvalue weighted by molar-refractivity contribution is 6.01. The molecule has 0 radical (unpaired) electrons. The molecule has 0 saturated carbocycles. The predicted octanol–water partition coefficient (Wildman–Crippen LogP) is 5.06. The van der Waals surface area contributed by atoms with Crippen LogP contribution in [0, 0.1) is 6.92 Å². The normalized spacial score (nSPS) is 11.7. The van der Waals surface area contributed by atoms with Crippen molar-refractivity contribution in [3.05, 3.63) is 101 Å². The van der Waals surface area contributed by atoms with E-state index in [1.807, 2.05) is 36.4 Å². The van der Waals surface area contributed by atoms with Crippen LogP contribution in [0.25, 0.3) is 0 Å². The molecule has 178 valence electrons. The van der Waals surface area contributed by atoms with Crippen LogP contribution in [0.1, 0.15) is 27.8 Å². The van der Waals surface area contributed by atoms with E-state index in [1.54, 1.807) is 19.1 Å². The molecule has 0 aliphatic rings. The summed E-state index contributed by atoms with van der Waals surface area (Å²) in [5.41, 5.74) is 4.44. The van der Waals surface area contributed by atoms with Gasteiger partial charge in [0.05, 0.1) is 11.3 Å². The highest BCUT2D eigenvalue weighted by Crippen LogP contribution is 2.29. The number of hydrogen-bond acceptors (Lipinski definition) is 5. The average Bonchev–Trinajstić information content (AvgIpc) is 2.83. The Morgan fingerprint density at radius 1 is 1.00 bits per heavy atom. The van der Waals surface area contributed by atoms with E-state index in [0.29, 0.717) is 23.4 Å². The lowest BCUT2D eigenvalue weighted by Crippen LogP contribution is -2.25. The number of amides is 1. The minimum atomic E-state index is -4.39. The molecule has 0 spiro atoms. The first-order chi connectivity index (χ1) is 16.3. The molecule has 0 atom stereocenters. The van der Waals surface area contributed by atoms with Crippen molar-refractivity contribution in [2.75, 3.05) is 6.61 Å². The summed E-state index contributed by atoms with van der Waals surface area (Å²) < 4.78 is 43.6. The van der Waals surface area contributed by atoms with Crippen LogP contribution in [-0.4, -0.2) is 23.4 Å². The zero-order chi connectivity index (χ0) is 24.6. The maximum Gasteiger partial charge on any atom is 0.416 e. The summed E-state index contributed by atoms with van der Waals surface area (Å²) in [6, 6.07) is 19.6. The number of hydrogen-bond donors (Lipinski definition) is 2. The molecule has 0 bridgehead atoms. The maximum atomic E-state index is 12.7. The number of hydroxylamine groups is 1. The zero-order valence-corrected chi connectivity index (χ0v) is 18.3. The number of oxime groups is 1. The van der Waals surface area contributed by atoms with Crippen LogP contribution in [0.2, 0.25) is 0 Å². The van der Waals surface area contributed by atoms with E-state index in [2.05, 4.69) is 5.16 Å². The summed E-state index contributed by atoms with van der Waals surface area (Å²) in [4.78, 5) is 16.7. The van der Waals surface area contributed by atoms with Crippen molar-refractivity contribution >= 4 is 11.6 Å². The Labute approximate surface area is 194 Å². The summed E-state index contributed by atoms with van der Waals surface area (Å²) in [7, 11) is 0. The Hall–Kier alpha value is -3.85. The summed E-state index contributed by atoms with van der Waals surface area (Å²) in [6.45, 7) is 1.48. The van der Waals surface area contributed by atoms with E-state index >= 15 is 0 Å². The first-order valence-corrected chi connectivity index (χ1v) is 10.3.